The monoisotopic (exact) mass is 296 g/mol. The molecule has 1 heterocycles. The second-order valence-corrected chi connectivity index (χ2v) is 5.29. The lowest BCUT2D eigenvalue weighted by Gasteiger charge is -2.05. The molecule has 0 bridgehead atoms. The number of hydrogen-bond donors (Lipinski definition) is 0. The number of amides is 1. The van der Waals surface area contributed by atoms with Crippen LogP contribution in [-0.4, -0.2) is 37.2 Å². The van der Waals surface area contributed by atoms with Gasteiger partial charge >= 0.3 is 0 Å². The minimum Gasteiger partial charge on any atom is -0.495 e. The topological polar surface area (TPSA) is 41.9 Å². The Morgan fingerprint density at radius 1 is 1.47 bits per heavy atom. The molecular weight excluding hydrogens is 284 g/mol. The van der Waals surface area contributed by atoms with Crippen LogP contribution in [0.25, 0.3) is 6.08 Å². The van der Waals surface area contributed by atoms with E-state index in [1.165, 1.54) is 16.7 Å². The van der Waals surface area contributed by atoms with Crippen LogP contribution >= 0.6 is 23.4 Å². The summed E-state index contributed by atoms with van der Waals surface area (Å²) in [5, 5.41) is 1.21. The van der Waals surface area contributed by atoms with Gasteiger partial charge in [-0.15, -0.1) is 0 Å². The van der Waals surface area contributed by atoms with Crippen molar-refractivity contribution in [3.63, 3.8) is 0 Å². The lowest BCUT2D eigenvalue weighted by Crippen LogP contribution is -2.23. The van der Waals surface area contributed by atoms with Crippen molar-refractivity contribution in [3.8, 4) is 5.75 Å². The van der Waals surface area contributed by atoms with E-state index in [1.807, 2.05) is 6.07 Å². The third kappa shape index (κ3) is 2.77. The van der Waals surface area contributed by atoms with Crippen molar-refractivity contribution in [2.75, 3.05) is 21.2 Å². The number of ether oxygens (including phenoxy) is 1. The number of carbonyl (C=O) groups is 1. The van der Waals surface area contributed by atoms with Gasteiger partial charge in [0.25, 0.3) is 5.91 Å². The number of nitrogens with zero attached hydrogens (tertiary/aromatic N) is 2. The molecule has 1 saturated heterocycles. The fourth-order valence-corrected chi connectivity index (χ4v) is 2.87. The van der Waals surface area contributed by atoms with Gasteiger partial charge in [0.05, 0.1) is 17.0 Å². The molecule has 1 aliphatic rings. The number of aliphatic imine (C=N–C) groups is 1. The molecule has 0 N–H and O–H groups in total. The van der Waals surface area contributed by atoms with Gasteiger partial charge in [0.15, 0.2) is 5.17 Å². The normalized spacial score (nSPS) is 19.6. The summed E-state index contributed by atoms with van der Waals surface area (Å²) in [4.78, 5) is 18.2. The summed E-state index contributed by atoms with van der Waals surface area (Å²) in [6.07, 6.45) is 1.80. The Morgan fingerprint density at radius 2 is 2.21 bits per heavy atom. The summed E-state index contributed by atoms with van der Waals surface area (Å²) in [6, 6.07) is 5.40. The second-order valence-electron chi connectivity index (χ2n) is 3.87. The number of benzene rings is 1. The average molecular weight is 297 g/mol. The van der Waals surface area contributed by atoms with Gasteiger partial charge in [0, 0.05) is 14.1 Å². The molecule has 0 unspecified atom stereocenters. The summed E-state index contributed by atoms with van der Waals surface area (Å²) in [7, 11) is 4.94. The maximum atomic E-state index is 12.0. The van der Waals surface area contributed by atoms with Crippen molar-refractivity contribution in [1.82, 2.24) is 4.90 Å². The van der Waals surface area contributed by atoms with E-state index < -0.39 is 0 Å². The number of hydrogen-bond acceptors (Lipinski definition) is 4. The molecule has 1 amide bonds. The van der Waals surface area contributed by atoms with E-state index in [4.69, 9.17) is 16.3 Å². The summed E-state index contributed by atoms with van der Waals surface area (Å²) in [6.45, 7) is 0. The average Bonchev–Trinajstić information content (AvgIpc) is 2.67. The first-order valence-corrected chi connectivity index (χ1v) is 6.74. The van der Waals surface area contributed by atoms with Crippen molar-refractivity contribution in [3.05, 3.63) is 33.7 Å². The molecule has 0 atom stereocenters. The molecular formula is C13H13ClN2O2S. The lowest BCUT2D eigenvalue weighted by atomic mass is 10.2. The minimum atomic E-state index is -0.0578. The molecule has 2 rings (SSSR count). The zero-order valence-corrected chi connectivity index (χ0v) is 12.4. The van der Waals surface area contributed by atoms with Crippen LogP contribution in [0.3, 0.4) is 0 Å². The van der Waals surface area contributed by atoms with Crippen molar-refractivity contribution in [1.29, 1.82) is 0 Å². The number of thioether (sulfide) groups is 1. The maximum absolute atomic E-state index is 12.0. The Balaban J connectivity index is 2.32. The van der Waals surface area contributed by atoms with Gasteiger partial charge < -0.3 is 4.74 Å². The van der Waals surface area contributed by atoms with Gasteiger partial charge in [-0.2, -0.15) is 0 Å². The van der Waals surface area contributed by atoms with Crippen LogP contribution < -0.4 is 4.74 Å². The van der Waals surface area contributed by atoms with E-state index in [0.717, 1.165) is 5.56 Å². The highest BCUT2D eigenvalue weighted by atomic mass is 35.5. The van der Waals surface area contributed by atoms with Crippen LogP contribution in [0.2, 0.25) is 5.02 Å². The second kappa shape index (κ2) is 5.67. The van der Waals surface area contributed by atoms with E-state index >= 15 is 0 Å². The summed E-state index contributed by atoms with van der Waals surface area (Å²) in [5.41, 5.74) is 0.854. The van der Waals surface area contributed by atoms with E-state index in [1.54, 1.807) is 39.4 Å². The van der Waals surface area contributed by atoms with Gasteiger partial charge in [-0.1, -0.05) is 17.7 Å². The molecule has 1 aromatic rings. The number of methoxy groups -OCH3 is 1. The maximum Gasteiger partial charge on any atom is 0.266 e. The zero-order valence-electron chi connectivity index (χ0n) is 10.8. The fourth-order valence-electron chi connectivity index (χ4n) is 1.67. The molecule has 4 nitrogen and oxygen atoms in total. The Hall–Kier alpha value is -1.46. The first kappa shape index (κ1) is 14.0. The van der Waals surface area contributed by atoms with E-state index in [2.05, 4.69) is 4.99 Å². The van der Waals surface area contributed by atoms with Gasteiger partial charge in [0.2, 0.25) is 0 Å². The molecule has 6 heteroatoms. The van der Waals surface area contributed by atoms with Crippen molar-refractivity contribution in [2.24, 2.45) is 4.99 Å². The zero-order chi connectivity index (χ0) is 14.0. The molecule has 0 spiro atoms. The number of amidine groups is 1. The first-order chi connectivity index (χ1) is 9.06. The highest BCUT2D eigenvalue weighted by Gasteiger charge is 2.29. The number of likely N-dealkylation sites (N-methyl/N-ethyl adjacent to an activating group) is 1. The van der Waals surface area contributed by atoms with Crippen LogP contribution in [0.4, 0.5) is 0 Å². The lowest BCUT2D eigenvalue weighted by molar-refractivity contribution is -0.121. The predicted molar refractivity (Wildman–Crippen MR) is 79.7 cm³/mol. The standard InChI is InChI=1S/C13H13ClN2O2S/c1-15-13-16(2)12(17)11(19-13)7-8-4-5-10(18-3)9(14)6-8/h4-7H,1-3H3/b11-7-,15-13?. The smallest absolute Gasteiger partial charge is 0.266 e. The number of rotatable bonds is 2. The molecule has 0 saturated carbocycles. The first-order valence-electron chi connectivity index (χ1n) is 5.54. The van der Waals surface area contributed by atoms with Crippen molar-refractivity contribution < 1.29 is 9.53 Å². The Kier molecular flexibility index (Phi) is 4.17. The molecule has 0 aliphatic carbocycles. The highest BCUT2D eigenvalue weighted by Crippen LogP contribution is 2.32. The van der Waals surface area contributed by atoms with Crippen LogP contribution in [0.5, 0.6) is 5.75 Å². The van der Waals surface area contributed by atoms with Gasteiger partial charge in [-0.05, 0) is 35.5 Å². The third-order valence-electron chi connectivity index (χ3n) is 2.67. The van der Waals surface area contributed by atoms with Gasteiger partial charge in [-0.3, -0.25) is 14.7 Å². The third-order valence-corrected chi connectivity index (χ3v) is 4.12. The van der Waals surface area contributed by atoms with Crippen LogP contribution in [-0.2, 0) is 4.79 Å². The molecule has 1 aromatic carbocycles. The molecule has 1 aliphatic heterocycles. The number of halogens is 1. The SMILES string of the molecule is CN=C1S/C(=C\c2ccc(OC)c(Cl)c2)C(=O)N1C. The molecule has 0 aromatic heterocycles. The number of carbonyl (C=O) groups excluding carboxylic acids is 1. The van der Waals surface area contributed by atoms with E-state index in [0.29, 0.717) is 20.8 Å². The predicted octanol–water partition coefficient (Wildman–Crippen LogP) is 2.88. The van der Waals surface area contributed by atoms with Gasteiger partial charge in [0.1, 0.15) is 5.75 Å². The van der Waals surface area contributed by atoms with Gasteiger partial charge in [-0.25, -0.2) is 0 Å². The molecule has 100 valence electrons. The van der Waals surface area contributed by atoms with Crippen molar-refractivity contribution in [2.45, 2.75) is 0 Å². The molecule has 0 radical (unpaired) electrons. The fraction of sp³-hybridized carbons (Fsp3) is 0.231. The Labute approximate surface area is 121 Å². The Bertz CT molecular complexity index is 584. The van der Waals surface area contributed by atoms with Crippen LogP contribution in [0.15, 0.2) is 28.1 Å². The highest BCUT2D eigenvalue weighted by molar-refractivity contribution is 8.18. The van der Waals surface area contributed by atoms with Crippen LogP contribution in [0.1, 0.15) is 5.56 Å². The van der Waals surface area contributed by atoms with Crippen LogP contribution in [0, 0.1) is 0 Å². The summed E-state index contributed by atoms with van der Waals surface area (Å²) >= 11 is 7.41. The molecule has 19 heavy (non-hydrogen) atoms. The van der Waals surface area contributed by atoms with E-state index in [-0.39, 0.29) is 5.91 Å². The quantitative estimate of drug-likeness (QED) is 0.788. The van der Waals surface area contributed by atoms with Crippen molar-refractivity contribution >= 4 is 40.5 Å². The summed E-state index contributed by atoms with van der Waals surface area (Å²) < 4.78 is 5.09. The summed E-state index contributed by atoms with van der Waals surface area (Å²) in [5.74, 6) is 0.555. The largest absolute Gasteiger partial charge is 0.495 e. The van der Waals surface area contributed by atoms with E-state index in [9.17, 15) is 4.79 Å². The Morgan fingerprint density at radius 3 is 2.74 bits per heavy atom. The molecule has 1 fully saturated rings. The minimum absolute atomic E-state index is 0.0578.